The second kappa shape index (κ2) is 4.79. The molecule has 0 spiro atoms. The van der Waals surface area contributed by atoms with Crippen molar-refractivity contribution in [3.05, 3.63) is 35.4 Å². The highest BCUT2D eigenvalue weighted by Gasteiger charge is 2.29. The first-order valence-electron chi connectivity index (χ1n) is 5.42. The molecule has 1 heterocycles. The van der Waals surface area contributed by atoms with Crippen LogP contribution in [0.2, 0.25) is 0 Å². The fraction of sp³-hybridized carbons (Fsp3) is 0.417. The topological polar surface area (TPSA) is 40.5 Å². The first-order chi connectivity index (χ1) is 8.10. The molecule has 92 valence electrons. The number of rotatable bonds is 3. The van der Waals surface area contributed by atoms with Crippen LogP contribution in [0, 0.1) is 17.6 Å². The third kappa shape index (κ3) is 2.61. The van der Waals surface area contributed by atoms with E-state index in [4.69, 9.17) is 5.11 Å². The Balaban J connectivity index is 2.11. The standard InChI is InChI=1S/C12H13F2NO2/c13-10-1-2-11(14)9(4-10)6-15-5-8(7-16)3-12(15)17/h1-2,4,8,16H,3,5-7H2. The number of benzene rings is 1. The van der Waals surface area contributed by atoms with Crippen LogP contribution >= 0.6 is 0 Å². The van der Waals surface area contributed by atoms with Gasteiger partial charge in [0.25, 0.3) is 0 Å². The highest BCUT2D eigenvalue weighted by molar-refractivity contribution is 5.78. The van der Waals surface area contributed by atoms with Gasteiger partial charge in [0.15, 0.2) is 0 Å². The molecule has 5 heteroatoms. The minimum absolute atomic E-state index is 0.0545. The first-order valence-corrected chi connectivity index (χ1v) is 5.42. The van der Waals surface area contributed by atoms with Crippen molar-refractivity contribution in [2.45, 2.75) is 13.0 Å². The molecular formula is C12H13F2NO2. The Morgan fingerprint density at radius 3 is 2.82 bits per heavy atom. The van der Waals surface area contributed by atoms with Crippen LogP contribution in [0.4, 0.5) is 8.78 Å². The largest absolute Gasteiger partial charge is 0.396 e. The number of aliphatic hydroxyl groups excluding tert-OH is 1. The molecule has 1 unspecified atom stereocenters. The lowest BCUT2D eigenvalue weighted by molar-refractivity contribution is -0.128. The minimum atomic E-state index is -0.522. The molecule has 0 bridgehead atoms. The molecule has 3 nitrogen and oxygen atoms in total. The van der Waals surface area contributed by atoms with Crippen LogP contribution in [0.15, 0.2) is 18.2 Å². The summed E-state index contributed by atoms with van der Waals surface area (Å²) < 4.78 is 26.3. The number of carbonyl (C=O) groups excluding carboxylic acids is 1. The number of carbonyl (C=O) groups is 1. The highest BCUT2D eigenvalue weighted by atomic mass is 19.1. The van der Waals surface area contributed by atoms with Gasteiger partial charge in [0.05, 0.1) is 0 Å². The molecule has 1 amide bonds. The zero-order chi connectivity index (χ0) is 12.4. The maximum absolute atomic E-state index is 13.4. The van der Waals surface area contributed by atoms with Gasteiger partial charge >= 0.3 is 0 Å². The molecular weight excluding hydrogens is 228 g/mol. The van der Waals surface area contributed by atoms with Gasteiger partial charge in [-0.25, -0.2) is 8.78 Å². The number of amides is 1. The molecule has 0 aromatic heterocycles. The molecule has 0 aliphatic carbocycles. The van der Waals surface area contributed by atoms with Crippen molar-refractivity contribution >= 4 is 5.91 Å². The van der Waals surface area contributed by atoms with Gasteiger partial charge in [-0.05, 0) is 18.2 Å². The van der Waals surface area contributed by atoms with Crippen molar-refractivity contribution < 1.29 is 18.7 Å². The van der Waals surface area contributed by atoms with E-state index >= 15 is 0 Å². The van der Waals surface area contributed by atoms with Crippen LogP contribution in [0.25, 0.3) is 0 Å². The van der Waals surface area contributed by atoms with E-state index in [9.17, 15) is 13.6 Å². The Bertz CT molecular complexity index is 437. The summed E-state index contributed by atoms with van der Waals surface area (Å²) in [4.78, 5) is 13.0. The Labute approximate surface area is 97.7 Å². The molecule has 1 atom stereocenters. The van der Waals surface area contributed by atoms with Crippen LogP contribution in [-0.2, 0) is 11.3 Å². The van der Waals surface area contributed by atoms with Gasteiger partial charge in [0, 0.05) is 37.6 Å². The molecule has 17 heavy (non-hydrogen) atoms. The molecule has 1 aliphatic rings. The summed E-state index contributed by atoms with van der Waals surface area (Å²) in [6, 6.07) is 3.19. The lowest BCUT2D eigenvalue weighted by atomic mass is 10.1. The van der Waals surface area contributed by atoms with Crippen molar-refractivity contribution in [1.29, 1.82) is 0 Å². The summed E-state index contributed by atoms with van der Waals surface area (Å²) in [7, 11) is 0. The minimum Gasteiger partial charge on any atom is -0.396 e. The number of aliphatic hydroxyl groups is 1. The maximum Gasteiger partial charge on any atom is 0.223 e. The predicted octanol–water partition coefficient (Wildman–Crippen LogP) is 1.31. The summed E-state index contributed by atoms with van der Waals surface area (Å²) in [5.74, 6) is -1.27. The second-order valence-electron chi connectivity index (χ2n) is 4.26. The van der Waals surface area contributed by atoms with Crippen LogP contribution < -0.4 is 0 Å². The number of hydrogen-bond acceptors (Lipinski definition) is 2. The number of halogens is 2. The molecule has 0 radical (unpaired) electrons. The predicted molar refractivity (Wildman–Crippen MR) is 57.0 cm³/mol. The van der Waals surface area contributed by atoms with Crippen LogP contribution in [0.1, 0.15) is 12.0 Å². The Morgan fingerprint density at radius 1 is 1.41 bits per heavy atom. The zero-order valence-electron chi connectivity index (χ0n) is 9.20. The van der Waals surface area contributed by atoms with E-state index < -0.39 is 11.6 Å². The monoisotopic (exact) mass is 241 g/mol. The molecule has 1 N–H and O–H groups in total. The van der Waals surface area contributed by atoms with Crippen molar-refractivity contribution in [1.82, 2.24) is 4.90 Å². The second-order valence-corrected chi connectivity index (χ2v) is 4.26. The van der Waals surface area contributed by atoms with Gasteiger partial charge in [-0.1, -0.05) is 0 Å². The SMILES string of the molecule is O=C1CC(CO)CN1Cc1cc(F)ccc1F. The van der Waals surface area contributed by atoms with E-state index in [-0.39, 0.29) is 37.0 Å². The van der Waals surface area contributed by atoms with Crippen molar-refractivity contribution in [3.8, 4) is 0 Å². The quantitative estimate of drug-likeness (QED) is 0.866. The van der Waals surface area contributed by atoms with E-state index in [1.165, 1.54) is 4.90 Å². The summed E-state index contributed by atoms with van der Waals surface area (Å²) in [5.41, 5.74) is 0.164. The van der Waals surface area contributed by atoms with Gasteiger partial charge < -0.3 is 10.0 Å². The van der Waals surface area contributed by atoms with Crippen LogP contribution in [0.5, 0.6) is 0 Å². The summed E-state index contributed by atoms with van der Waals surface area (Å²) >= 11 is 0. The lowest BCUT2D eigenvalue weighted by Gasteiger charge is -2.16. The van der Waals surface area contributed by atoms with Gasteiger partial charge in [-0.2, -0.15) is 0 Å². The zero-order valence-corrected chi connectivity index (χ0v) is 9.20. The molecule has 0 saturated carbocycles. The van der Waals surface area contributed by atoms with Crippen LogP contribution in [-0.4, -0.2) is 29.1 Å². The van der Waals surface area contributed by atoms with E-state index in [1.807, 2.05) is 0 Å². The normalized spacial score (nSPS) is 20.1. The maximum atomic E-state index is 13.4. The van der Waals surface area contributed by atoms with Crippen molar-refractivity contribution in [2.24, 2.45) is 5.92 Å². The fourth-order valence-corrected chi connectivity index (χ4v) is 2.00. The smallest absolute Gasteiger partial charge is 0.223 e. The van der Waals surface area contributed by atoms with E-state index in [1.54, 1.807) is 0 Å². The molecule has 1 aromatic carbocycles. The van der Waals surface area contributed by atoms with Crippen molar-refractivity contribution in [2.75, 3.05) is 13.2 Å². The summed E-state index contributed by atoms with van der Waals surface area (Å²) in [5, 5.41) is 8.95. The van der Waals surface area contributed by atoms with E-state index in [2.05, 4.69) is 0 Å². The molecule has 1 aromatic rings. The third-order valence-electron chi connectivity index (χ3n) is 2.92. The third-order valence-corrected chi connectivity index (χ3v) is 2.92. The number of hydrogen-bond donors (Lipinski definition) is 1. The number of nitrogens with zero attached hydrogens (tertiary/aromatic N) is 1. The van der Waals surface area contributed by atoms with Crippen LogP contribution in [0.3, 0.4) is 0 Å². The van der Waals surface area contributed by atoms with Gasteiger partial charge in [-0.3, -0.25) is 4.79 Å². The summed E-state index contributed by atoms with van der Waals surface area (Å²) in [6.07, 6.45) is 0.271. The Hall–Kier alpha value is -1.49. The average molecular weight is 241 g/mol. The highest BCUT2D eigenvalue weighted by Crippen LogP contribution is 2.21. The van der Waals surface area contributed by atoms with Gasteiger partial charge in [-0.15, -0.1) is 0 Å². The molecule has 1 aliphatic heterocycles. The van der Waals surface area contributed by atoms with Gasteiger partial charge in [0.1, 0.15) is 11.6 Å². The van der Waals surface area contributed by atoms with Gasteiger partial charge in [0.2, 0.25) is 5.91 Å². The lowest BCUT2D eigenvalue weighted by Crippen LogP contribution is -2.25. The Kier molecular flexibility index (Phi) is 3.38. The molecule has 2 rings (SSSR count). The Morgan fingerprint density at radius 2 is 2.18 bits per heavy atom. The molecule has 1 saturated heterocycles. The van der Waals surface area contributed by atoms with E-state index in [0.29, 0.717) is 6.54 Å². The number of likely N-dealkylation sites (tertiary alicyclic amines) is 1. The molecule has 1 fully saturated rings. The average Bonchev–Trinajstić information content (AvgIpc) is 2.65. The summed E-state index contributed by atoms with van der Waals surface area (Å²) in [6.45, 7) is 0.387. The fourth-order valence-electron chi connectivity index (χ4n) is 2.00. The van der Waals surface area contributed by atoms with E-state index in [0.717, 1.165) is 18.2 Å². The first kappa shape index (κ1) is 12.0. The van der Waals surface area contributed by atoms with Crippen molar-refractivity contribution in [3.63, 3.8) is 0 Å².